The first-order chi connectivity index (χ1) is 12.1. The molecule has 0 saturated heterocycles. The van der Waals surface area contributed by atoms with Crippen molar-refractivity contribution in [3.8, 4) is 11.5 Å². The van der Waals surface area contributed by atoms with Gasteiger partial charge in [0.05, 0.1) is 23.0 Å². The van der Waals surface area contributed by atoms with Gasteiger partial charge in [0.1, 0.15) is 6.61 Å². The molecule has 0 spiro atoms. The summed E-state index contributed by atoms with van der Waals surface area (Å²) in [6, 6.07) is 12.8. The Hall–Kier alpha value is -1.91. The third kappa shape index (κ3) is 4.39. The molecular formula is C19H19Cl2NO3. The smallest absolute Gasteiger partial charge is 0.227 e. The number of carbonyl (C=O) groups excluding carboxylic acids is 1. The van der Waals surface area contributed by atoms with Crippen molar-refractivity contribution < 1.29 is 14.3 Å². The summed E-state index contributed by atoms with van der Waals surface area (Å²) in [4.78, 5) is 14.4. The number of likely N-dealkylation sites (N-methyl/N-ethyl adjacent to an activating group) is 1. The van der Waals surface area contributed by atoms with Gasteiger partial charge in [-0.3, -0.25) is 4.79 Å². The Morgan fingerprint density at radius 3 is 2.64 bits per heavy atom. The van der Waals surface area contributed by atoms with Crippen LogP contribution in [0.2, 0.25) is 10.0 Å². The monoisotopic (exact) mass is 379 g/mol. The summed E-state index contributed by atoms with van der Waals surface area (Å²) in [7, 11) is 0. The van der Waals surface area contributed by atoms with Crippen molar-refractivity contribution in [3.05, 3.63) is 58.1 Å². The fourth-order valence-electron chi connectivity index (χ4n) is 2.74. The number of amides is 1. The second kappa shape index (κ2) is 7.98. The molecule has 132 valence electrons. The molecule has 0 aromatic heterocycles. The average molecular weight is 380 g/mol. The summed E-state index contributed by atoms with van der Waals surface area (Å²) in [5.41, 5.74) is 0.837. The zero-order chi connectivity index (χ0) is 17.8. The number of hydrogen-bond acceptors (Lipinski definition) is 3. The fourth-order valence-corrected chi connectivity index (χ4v) is 3.06. The molecule has 1 heterocycles. The van der Waals surface area contributed by atoms with Gasteiger partial charge in [-0.15, -0.1) is 0 Å². The maximum absolute atomic E-state index is 12.6. The summed E-state index contributed by atoms with van der Waals surface area (Å²) in [5, 5.41) is 0.937. The van der Waals surface area contributed by atoms with Crippen molar-refractivity contribution in [2.45, 2.75) is 19.4 Å². The van der Waals surface area contributed by atoms with Gasteiger partial charge in [-0.1, -0.05) is 41.4 Å². The summed E-state index contributed by atoms with van der Waals surface area (Å²) >= 11 is 11.9. The molecule has 6 heteroatoms. The van der Waals surface area contributed by atoms with Gasteiger partial charge in [-0.05, 0) is 36.8 Å². The van der Waals surface area contributed by atoms with Gasteiger partial charge >= 0.3 is 0 Å². The Morgan fingerprint density at radius 2 is 1.92 bits per heavy atom. The summed E-state index contributed by atoms with van der Waals surface area (Å²) < 4.78 is 11.7. The Balaban J connectivity index is 1.62. The van der Waals surface area contributed by atoms with Gasteiger partial charge in [0, 0.05) is 6.54 Å². The Kier molecular flexibility index (Phi) is 5.71. The van der Waals surface area contributed by atoms with Crippen LogP contribution in [0.3, 0.4) is 0 Å². The molecule has 1 atom stereocenters. The molecule has 25 heavy (non-hydrogen) atoms. The molecular weight excluding hydrogens is 361 g/mol. The first-order valence-corrected chi connectivity index (χ1v) is 8.92. The van der Waals surface area contributed by atoms with E-state index in [9.17, 15) is 4.79 Å². The van der Waals surface area contributed by atoms with Gasteiger partial charge in [-0.2, -0.15) is 0 Å². The molecule has 0 radical (unpaired) electrons. The largest absolute Gasteiger partial charge is 0.486 e. The Labute approximate surface area is 157 Å². The van der Waals surface area contributed by atoms with Crippen LogP contribution in [-0.2, 0) is 11.2 Å². The minimum atomic E-state index is -0.187. The van der Waals surface area contributed by atoms with Gasteiger partial charge < -0.3 is 14.4 Å². The third-order valence-corrected chi connectivity index (χ3v) is 4.80. The number of hydrogen-bond donors (Lipinski definition) is 0. The van der Waals surface area contributed by atoms with E-state index in [0.29, 0.717) is 35.5 Å². The first-order valence-electron chi connectivity index (χ1n) is 8.17. The lowest BCUT2D eigenvalue weighted by atomic mass is 10.1. The summed E-state index contributed by atoms with van der Waals surface area (Å²) in [6.45, 7) is 3.45. The van der Waals surface area contributed by atoms with E-state index >= 15 is 0 Å². The molecule has 0 fully saturated rings. The highest BCUT2D eigenvalue weighted by Gasteiger charge is 2.24. The van der Waals surface area contributed by atoms with Crippen LogP contribution in [0.1, 0.15) is 12.5 Å². The molecule has 0 saturated carbocycles. The summed E-state index contributed by atoms with van der Waals surface area (Å²) in [5.74, 6) is 1.47. The minimum Gasteiger partial charge on any atom is -0.486 e. The highest BCUT2D eigenvalue weighted by Crippen LogP contribution is 2.31. The van der Waals surface area contributed by atoms with Crippen LogP contribution in [0.25, 0.3) is 0 Å². The standard InChI is InChI=1S/C19H19Cl2NO3/c1-2-22(19(23)10-13-7-8-15(20)16(21)9-13)11-14-12-24-17-5-3-4-6-18(17)25-14/h3-9,14H,2,10-12H2,1H3. The van der Waals surface area contributed by atoms with E-state index in [4.69, 9.17) is 32.7 Å². The molecule has 0 N–H and O–H groups in total. The second-order valence-corrected chi connectivity index (χ2v) is 6.67. The molecule has 1 aliphatic heterocycles. The van der Waals surface area contributed by atoms with Crippen LogP contribution >= 0.6 is 23.2 Å². The fraction of sp³-hybridized carbons (Fsp3) is 0.316. The van der Waals surface area contributed by atoms with Crippen LogP contribution in [0.5, 0.6) is 11.5 Å². The molecule has 2 aromatic rings. The van der Waals surface area contributed by atoms with E-state index in [-0.39, 0.29) is 18.4 Å². The molecule has 1 amide bonds. The lowest BCUT2D eigenvalue weighted by molar-refractivity contribution is -0.131. The summed E-state index contributed by atoms with van der Waals surface area (Å²) in [6.07, 6.45) is 0.0853. The van der Waals surface area contributed by atoms with E-state index in [2.05, 4.69) is 0 Å². The molecule has 2 aromatic carbocycles. The minimum absolute atomic E-state index is 0.0170. The predicted molar refractivity (Wildman–Crippen MR) is 98.8 cm³/mol. The van der Waals surface area contributed by atoms with Crippen LogP contribution in [0, 0.1) is 0 Å². The van der Waals surface area contributed by atoms with E-state index in [1.807, 2.05) is 37.3 Å². The highest BCUT2D eigenvalue weighted by atomic mass is 35.5. The second-order valence-electron chi connectivity index (χ2n) is 5.86. The highest BCUT2D eigenvalue weighted by molar-refractivity contribution is 6.42. The van der Waals surface area contributed by atoms with Crippen LogP contribution in [0.4, 0.5) is 0 Å². The normalized spacial score (nSPS) is 15.7. The van der Waals surface area contributed by atoms with Crippen molar-refractivity contribution in [2.24, 2.45) is 0 Å². The van der Waals surface area contributed by atoms with E-state index in [1.165, 1.54) is 0 Å². The number of benzene rings is 2. The van der Waals surface area contributed by atoms with Crippen LogP contribution < -0.4 is 9.47 Å². The predicted octanol–water partition coefficient (Wildman–Crippen LogP) is 4.22. The third-order valence-electron chi connectivity index (χ3n) is 4.07. The Morgan fingerprint density at radius 1 is 1.16 bits per heavy atom. The molecule has 0 aliphatic carbocycles. The number of rotatable bonds is 5. The van der Waals surface area contributed by atoms with E-state index in [1.54, 1.807) is 17.0 Å². The molecule has 4 nitrogen and oxygen atoms in total. The topological polar surface area (TPSA) is 38.8 Å². The van der Waals surface area contributed by atoms with Gasteiger partial charge in [0.2, 0.25) is 5.91 Å². The van der Waals surface area contributed by atoms with Gasteiger partial charge in [0.15, 0.2) is 17.6 Å². The van der Waals surface area contributed by atoms with Crippen LogP contribution in [0.15, 0.2) is 42.5 Å². The molecule has 1 aliphatic rings. The number of halogens is 2. The van der Waals surface area contributed by atoms with Crippen LogP contribution in [-0.4, -0.2) is 36.6 Å². The molecule has 0 bridgehead atoms. The van der Waals surface area contributed by atoms with Gasteiger partial charge in [-0.25, -0.2) is 0 Å². The van der Waals surface area contributed by atoms with Crippen molar-refractivity contribution in [1.82, 2.24) is 4.90 Å². The number of para-hydroxylation sites is 2. The van der Waals surface area contributed by atoms with E-state index < -0.39 is 0 Å². The zero-order valence-electron chi connectivity index (χ0n) is 13.9. The maximum atomic E-state index is 12.6. The molecule has 1 unspecified atom stereocenters. The zero-order valence-corrected chi connectivity index (χ0v) is 15.4. The van der Waals surface area contributed by atoms with Crippen molar-refractivity contribution in [3.63, 3.8) is 0 Å². The average Bonchev–Trinajstić information content (AvgIpc) is 2.62. The van der Waals surface area contributed by atoms with E-state index in [0.717, 1.165) is 11.3 Å². The molecule has 3 rings (SSSR count). The first kappa shape index (κ1) is 17.9. The lowest BCUT2D eigenvalue weighted by Crippen LogP contribution is -2.44. The van der Waals surface area contributed by atoms with Crippen molar-refractivity contribution in [1.29, 1.82) is 0 Å². The lowest BCUT2D eigenvalue weighted by Gasteiger charge is -2.31. The van der Waals surface area contributed by atoms with Gasteiger partial charge in [0.25, 0.3) is 0 Å². The van der Waals surface area contributed by atoms with Crippen molar-refractivity contribution in [2.75, 3.05) is 19.7 Å². The number of fused-ring (bicyclic) bond motifs is 1. The maximum Gasteiger partial charge on any atom is 0.227 e. The Bertz CT molecular complexity index is 766. The number of ether oxygens (including phenoxy) is 2. The number of nitrogens with zero attached hydrogens (tertiary/aromatic N) is 1. The van der Waals surface area contributed by atoms with Crippen molar-refractivity contribution >= 4 is 29.1 Å². The number of carbonyl (C=O) groups is 1. The quantitative estimate of drug-likeness (QED) is 0.780. The SMILES string of the molecule is CCN(CC1COc2ccccc2O1)C(=O)Cc1ccc(Cl)c(Cl)c1.